The molecule has 8 rings (SSSR count). The Bertz CT molecular complexity index is 2130. The molecule has 0 spiro atoms. The molecular formula is C46H44Cl2N2Si2Zr. The van der Waals surface area contributed by atoms with Crippen molar-refractivity contribution < 1.29 is 48.0 Å². The van der Waals surface area contributed by atoms with Gasteiger partial charge in [0.1, 0.15) is 0 Å². The summed E-state index contributed by atoms with van der Waals surface area (Å²) in [6.07, 6.45) is 8.84. The number of rotatable bonds is 8. The number of hydrogen-bond donors (Lipinski definition) is 0. The van der Waals surface area contributed by atoms with Crippen molar-refractivity contribution in [1.82, 2.24) is 9.97 Å². The molecule has 2 unspecified atom stereocenters. The zero-order chi connectivity index (χ0) is 35.3. The Labute approximate surface area is 341 Å². The van der Waals surface area contributed by atoms with E-state index in [0.717, 1.165) is 11.4 Å². The minimum Gasteiger partial charge on any atom is -1.00 e. The van der Waals surface area contributed by atoms with Gasteiger partial charge in [0.25, 0.3) is 0 Å². The van der Waals surface area contributed by atoms with Crippen LogP contribution in [0.5, 0.6) is 0 Å². The molecule has 0 saturated heterocycles. The molecule has 0 bridgehead atoms. The molecule has 0 fully saturated rings. The second-order valence-corrected chi connectivity index (χ2v) is 29.7. The van der Waals surface area contributed by atoms with Crippen molar-refractivity contribution in [2.45, 2.75) is 46.5 Å². The fourth-order valence-corrected chi connectivity index (χ4v) is 14.9. The zero-order valence-corrected chi connectivity index (χ0v) is 37.1. The molecule has 6 aromatic rings. The van der Waals surface area contributed by atoms with Crippen LogP contribution in [0.2, 0.25) is 39.3 Å². The van der Waals surface area contributed by atoms with E-state index in [9.17, 15) is 0 Å². The summed E-state index contributed by atoms with van der Waals surface area (Å²) < 4.78 is 0.699. The third-order valence-electron chi connectivity index (χ3n) is 10.5. The SMILES string of the molecule is C[Si](C)(C)c1ccc(-c2cccc3c2C=C(c2ccccn2)[CH]3[Zr+2][CH]2C(c3ccccn3)=Cc3c(-c4ccc([Si](C)(C)C)cc4)cccc32)cc1.[Cl-].[Cl-]. The van der Waals surface area contributed by atoms with Crippen molar-refractivity contribution >= 4 is 49.8 Å². The molecule has 0 N–H and O–H groups in total. The van der Waals surface area contributed by atoms with Gasteiger partial charge < -0.3 is 24.8 Å². The molecule has 4 aromatic carbocycles. The monoisotopic (exact) mass is 840 g/mol. The second-order valence-electron chi connectivity index (χ2n) is 15.9. The first-order valence-electron chi connectivity index (χ1n) is 18.1. The summed E-state index contributed by atoms with van der Waals surface area (Å²) in [6, 6.07) is 45.5. The van der Waals surface area contributed by atoms with E-state index in [0.29, 0.717) is 7.25 Å². The molecule has 7 heteroatoms. The molecule has 2 heterocycles. The van der Waals surface area contributed by atoms with Crippen LogP contribution in [0.15, 0.2) is 134 Å². The Morgan fingerprint density at radius 3 is 1.19 bits per heavy atom. The average molecular weight is 843 g/mol. The summed E-state index contributed by atoms with van der Waals surface area (Å²) in [5, 5.41) is 2.99. The standard InChI is InChI=1S/2C23H22NSi.2ClH.Zr/c2*1-25(2,3)20-12-10-17(11-13-20)21-8-6-7-18-15-19(16-22(18)21)23-9-4-5-14-24-23;;;/h2*4-16H,1-3H3;2*1H;/q;;;;+2/p-2. The van der Waals surface area contributed by atoms with Gasteiger partial charge in [-0.25, -0.2) is 0 Å². The van der Waals surface area contributed by atoms with Gasteiger partial charge in [-0.05, 0) is 0 Å². The molecule has 2 aliphatic carbocycles. The fraction of sp³-hybridized carbons (Fsp3) is 0.174. The second kappa shape index (κ2) is 15.7. The van der Waals surface area contributed by atoms with Crippen LogP contribution in [-0.4, -0.2) is 26.1 Å². The van der Waals surface area contributed by atoms with E-state index in [-0.39, 0.29) is 24.8 Å². The van der Waals surface area contributed by atoms with Crippen LogP contribution in [0.3, 0.4) is 0 Å². The molecule has 2 atom stereocenters. The maximum Gasteiger partial charge on any atom is -1.00 e. The Hall–Kier alpha value is -3.44. The maximum absolute atomic E-state index is 4.95. The molecule has 53 heavy (non-hydrogen) atoms. The number of nitrogens with zero attached hydrogens (tertiary/aromatic N) is 2. The topological polar surface area (TPSA) is 25.8 Å². The molecule has 2 nitrogen and oxygen atoms in total. The molecule has 2 aliphatic rings. The maximum atomic E-state index is 4.95. The van der Waals surface area contributed by atoms with Gasteiger partial charge in [0.15, 0.2) is 0 Å². The summed E-state index contributed by atoms with van der Waals surface area (Å²) in [5.41, 5.74) is 15.8. The van der Waals surface area contributed by atoms with Crippen molar-refractivity contribution in [3.05, 3.63) is 167 Å². The predicted octanol–water partition coefficient (Wildman–Crippen LogP) is 4.88. The van der Waals surface area contributed by atoms with E-state index in [4.69, 9.17) is 9.97 Å². The third-order valence-corrected chi connectivity index (χ3v) is 19.3. The van der Waals surface area contributed by atoms with Gasteiger partial charge in [0.2, 0.25) is 0 Å². The van der Waals surface area contributed by atoms with Crippen molar-refractivity contribution in [3.8, 4) is 22.3 Å². The van der Waals surface area contributed by atoms with Crippen LogP contribution in [-0.2, 0) is 23.2 Å². The Kier molecular flexibility index (Phi) is 11.7. The quantitative estimate of drug-likeness (QED) is 0.205. The summed E-state index contributed by atoms with van der Waals surface area (Å²) >= 11 is -1.29. The van der Waals surface area contributed by atoms with Crippen LogP contribution < -0.4 is 35.2 Å². The minimum absolute atomic E-state index is 0. The first kappa shape index (κ1) is 39.3. The van der Waals surface area contributed by atoms with Crippen LogP contribution in [0, 0.1) is 0 Å². The third kappa shape index (κ3) is 7.75. The number of halogens is 2. The molecular weight excluding hydrogens is 799 g/mol. The zero-order valence-electron chi connectivity index (χ0n) is 31.2. The summed E-state index contributed by atoms with van der Waals surface area (Å²) in [7, 11) is -2.77. The number of fused-ring (bicyclic) bond motifs is 2. The fourth-order valence-electron chi connectivity index (χ4n) is 7.64. The smallest absolute Gasteiger partial charge is 1.00 e. The van der Waals surface area contributed by atoms with Gasteiger partial charge >= 0.3 is 319 Å². The largest absolute Gasteiger partial charge is 1.00 e. The van der Waals surface area contributed by atoms with Gasteiger partial charge in [-0.3, -0.25) is 0 Å². The average Bonchev–Trinajstić information content (AvgIpc) is 3.70. The van der Waals surface area contributed by atoms with Gasteiger partial charge in [0, 0.05) is 0 Å². The van der Waals surface area contributed by atoms with Crippen LogP contribution >= 0.6 is 0 Å². The van der Waals surface area contributed by atoms with E-state index in [2.05, 4.69) is 161 Å². The van der Waals surface area contributed by atoms with E-state index in [1.807, 2.05) is 24.5 Å². The molecule has 0 radical (unpaired) electrons. The molecule has 0 amide bonds. The van der Waals surface area contributed by atoms with Gasteiger partial charge in [0.05, 0.1) is 0 Å². The number of benzene rings is 4. The van der Waals surface area contributed by atoms with Crippen molar-refractivity contribution in [2.24, 2.45) is 0 Å². The predicted molar refractivity (Wildman–Crippen MR) is 219 cm³/mol. The van der Waals surface area contributed by atoms with Gasteiger partial charge in [-0.1, -0.05) is 0 Å². The number of allylic oxidation sites excluding steroid dienone is 2. The van der Waals surface area contributed by atoms with E-state index < -0.39 is 39.4 Å². The summed E-state index contributed by atoms with van der Waals surface area (Å²) in [4.78, 5) is 9.90. The van der Waals surface area contributed by atoms with Crippen molar-refractivity contribution in [2.75, 3.05) is 0 Å². The number of pyridine rings is 2. The van der Waals surface area contributed by atoms with Crippen molar-refractivity contribution in [1.29, 1.82) is 0 Å². The number of aromatic nitrogens is 2. The molecule has 0 saturated carbocycles. The van der Waals surface area contributed by atoms with Gasteiger partial charge in [-0.15, -0.1) is 0 Å². The Balaban J connectivity index is 0.00000240. The van der Waals surface area contributed by atoms with E-state index in [1.165, 1.54) is 66.0 Å². The van der Waals surface area contributed by atoms with Crippen LogP contribution in [0.25, 0.3) is 45.6 Å². The molecule has 264 valence electrons. The normalized spacial score (nSPS) is 16.0. The van der Waals surface area contributed by atoms with Crippen molar-refractivity contribution in [3.63, 3.8) is 0 Å². The minimum atomic E-state index is -1.39. The Morgan fingerprint density at radius 2 is 0.849 bits per heavy atom. The van der Waals surface area contributed by atoms with Crippen LogP contribution in [0.1, 0.15) is 40.9 Å². The summed E-state index contributed by atoms with van der Waals surface area (Å²) in [5.74, 6) is 0. The molecule has 0 aliphatic heterocycles. The Morgan fingerprint density at radius 1 is 0.453 bits per heavy atom. The van der Waals surface area contributed by atoms with Gasteiger partial charge in [-0.2, -0.15) is 0 Å². The first-order valence-corrected chi connectivity index (χ1v) is 27.9. The first-order chi connectivity index (χ1) is 24.6. The van der Waals surface area contributed by atoms with E-state index >= 15 is 0 Å². The van der Waals surface area contributed by atoms with Crippen LogP contribution in [0.4, 0.5) is 0 Å². The summed E-state index contributed by atoms with van der Waals surface area (Å²) in [6.45, 7) is 14.5. The number of hydrogen-bond acceptors (Lipinski definition) is 2. The molecule has 2 aromatic heterocycles. The van der Waals surface area contributed by atoms with E-state index in [1.54, 1.807) is 0 Å².